The van der Waals surface area contributed by atoms with Gasteiger partial charge in [0, 0.05) is 37.1 Å². The SMILES string of the molecule is CCNC(=O)CCc1cc(OCc2ccc(Cl)cn2)c(C(F)(F)F)cn1. The number of ether oxygens (including phenoxy) is 1. The number of pyridine rings is 2. The molecule has 1 N–H and O–H groups in total. The van der Waals surface area contributed by atoms with Gasteiger partial charge in [-0.1, -0.05) is 11.6 Å². The molecule has 0 spiro atoms. The van der Waals surface area contributed by atoms with Crippen molar-refractivity contribution in [3.63, 3.8) is 0 Å². The van der Waals surface area contributed by atoms with Crippen molar-refractivity contribution in [1.29, 1.82) is 0 Å². The number of hydrogen-bond acceptors (Lipinski definition) is 4. The van der Waals surface area contributed by atoms with Crippen molar-refractivity contribution in [3.05, 3.63) is 52.6 Å². The largest absolute Gasteiger partial charge is 0.487 e. The van der Waals surface area contributed by atoms with Crippen LogP contribution in [0.5, 0.6) is 5.75 Å². The van der Waals surface area contributed by atoms with E-state index in [1.807, 2.05) is 0 Å². The highest BCUT2D eigenvalue weighted by molar-refractivity contribution is 6.30. The van der Waals surface area contributed by atoms with Crippen molar-refractivity contribution in [2.45, 2.75) is 32.5 Å². The number of halogens is 4. The lowest BCUT2D eigenvalue weighted by Gasteiger charge is -2.14. The molecule has 2 aromatic heterocycles. The van der Waals surface area contributed by atoms with Crippen LogP contribution in [0.4, 0.5) is 13.2 Å². The maximum atomic E-state index is 13.2. The van der Waals surface area contributed by atoms with Gasteiger partial charge in [0.15, 0.2) is 0 Å². The third-order valence-corrected chi connectivity index (χ3v) is 3.60. The Hall–Kier alpha value is -2.35. The zero-order chi connectivity index (χ0) is 19.2. The highest BCUT2D eigenvalue weighted by Gasteiger charge is 2.35. The molecule has 2 rings (SSSR count). The number of nitrogens with one attached hydrogen (secondary N) is 1. The number of alkyl halides is 3. The Balaban J connectivity index is 2.15. The molecule has 0 atom stereocenters. The third kappa shape index (κ3) is 5.87. The van der Waals surface area contributed by atoms with E-state index >= 15 is 0 Å². The van der Waals surface area contributed by atoms with E-state index in [9.17, 15) is 18.0 Å². The first-order valence-electron chi connectivity index (χ1n) is 7.85. The summed E-state index contributed by atoms with van der Waals surface area (Å²) in [5.41, 5.74) is -0.209. The van der Waals surface area contributed by atoms with E-state index in [1.54, 1.807) is 19.1 Å². The molecule has 2 heterocycles. The van der Waals surface area contributed by atoms with Crippen molar-refractivity contribution in [2.75, 3.05) is 6.54 Å². The molecule has 0 aliphatic carbocycles. The molecule has 0 aliphatic rings. The van der Waals surface area contributed by atoms with Gasteiger partial charge in [0.2, 0.25) is 5.91 Å². The molecule has 2 aromatic rings. The van der Waals surface area contributed by atoms with Crippen molar-refractivity contribution in [1.82, 2.24) is 15.3 Å². The molecule has 26 heavy (non-hydrogen) atoms. The Morgan fingerprint density at radius 2 is 1.96 bits per heavy atom. The van der Waals surface area contributed by atoms with E-state index < -0.39 is 11.7 Å². The van der Waals surface area contributed by atoms with Crippen molar-refractivity contribution >= 4 is 17.5 Å². The number of rotatable bonds is 7. The lowest BCUT2D eigenvalue weighted by molar-refractivity contribution is -0.139. The van der Waals surface area contributed by atoms with Gasteiger partial charge in [0.1, 0.15) is 17.9 Å². The third-order valence-electron chi connectivity index (χ3n) is 3.37. The van der Waals surface area contributed by atoms with Crippen molar-refractivity contribution in [3.8, 4) is 5.75 Å². The maximum Gasteiger partial charge on any atom is 0.421 e. The van der Waals surface area contributed by atoms with Gasteiger partial charge < -0.3 is 10.1 Å². The van der Waals surface area contributed by atoms with Gasteiger partial charge in [-0.15, -0.1) is 0 Å². The highest BCUT2D eigenvalue weighted by atomic mass is 35.5. The van der Waals surface area contributed by atoms with Gasteiger partial charge in [0.05, 0.1) is 10.7 Å². The first kappa shape index (κ1) is 20.0. The molecule has 0 radical (unpaired) electrons. The molecule has 0 unspecified atom stereocenters. The van der Waals surface area contributed by atoms with Crippen LogP contribution in [0.15, 0.2) is 30.6 Å². The van der Waals surface area contributed by atoms with Crippen LogP contribution < -0.4 is 10.1 Å². The number of aromatic nitrogens is 2. The summed E-state index contributed by atoms with van der Waals surface area (Å²) in [7, 11) is 0. The number of nitrogens with zero attached hydrogens (tertiary/aromatic N) is 2. The van der Waals surface area contributed by atoms with E-state index in [-0.39, 0.29) is 31.1 Å². The first-order valence-corrected chi connectivity index (χ1v) is 8.23. The lowest BCUT2D eigenvalue weighted by atomic mass is 10.1. The van der Waals surface area contributed by atoms with Crippen LogP contribution in [0.3, 0.4) is 0 Å². The van der Waals surface area contributed by atoms with Crippen LogP contribution in [0.2, 0.25) is 5.02 Å². The zero-order valence-corrected chi connectivity index (χ0v) is 14.7. The Kier molecular flexibility index (Phi) is 6.79. The fourth-order valence-corrected chi connectivity index (χ4v) is 2.23. The normalized spacial score (nSPS) is 11.3. The minimum Gasteiger partial charge on any atom is -0.487 e. The lowest BCUT2D eigenvalue weighted by Crippen LogP contribution is -2.23. The van der Waals surface area contributed by atoms with Crippen molar-refractivity contribution < 1.29 is 22.7 Å². The molecule has 140 valence electrons. The van der Waals surface area contributed by atoms with E-state index in [4.69, 9.17) is 16.3 Å². The van der Waals surface area contributed by atoms with E-state index in [1.165, 1.54) is 12.3 Å². The summed E-state index contributed by atoms with van der Waals surface area (Å²) in [6.07, 6.45) is -2.16. The molecule has 5 nitrogen and oxygen atoms in total. The average Bonchev–Trinajstić information content (AvgIpc) is 2.59. The van der Waals surface area contributed by atoms with Crippen LogP contribution >= 0.6 is 11.6 Å². The van der Waals surface area contributed by atoms with Crippen LogP contribution in [-0.4, -0.2) is 22.4 Å². The second kappa shape index (κ2) is 8.84. The number of amides is 1. The van der Waals surface area contributed by atoms with Gasteiger partial charge in [-0.05, 0) is 25.5 Å². The van der Waals surface area contributed by atoms with Crippen LogP contribution in [0.1, 0.15) is 30.3 Å². The molecule has 1 amide bonds. The predicted octanol–water partition coefficient (Wildman–Crippen LogP) is 3.80. The summed E-state index contributed by atoms with van der Waals surface area (Å²) in [5.74, 6) is -0.544. The average molecular weight is 388 g/mol. The Labute approximate surface area is 153 Å². The van der Waals surface area contributed by atoms with E-state index in [2.05, 4.69) is 15.3 Å². The summed E-state index contributed by atoms with van der Waals surface area (Å²) < 4.78 is 44.8. The first-order chi connectivity index (χ1) is 12.3. The molecule has 0 fully saturated rings. The van der Waals surface area contributed by atoms with Crippen LogP contribution in [0.25, 0.3) is 0 Å². The quantitative estimate of drug-likeness (QED) is 0.785. The van der Waals surface area contributed by atoms with Gasteiger partial charge in [0.25, 0.3) is 0 Å². The minimum absolute atomic E-state index is 0.129. The smallest absolute Gasteiger partial charge is 0.421 e. The summed E-state index contributed by atoms with van der Waals surface area (Å²) in [5, 5.41) is 3.04. The second-order valence-corrected chi connectivity index (χ2v) is 5.82. The summed E-state index contributed by atoms with van der Waals surface area (Å²) in [6.45, 7) is 2.12. The molecule has 0 bridgehead atoms. The van der Waals surface area contributed by atoms with Gasteiger partial charge in [-0.2, -0.15) is 13.2 Å². The second-order valence-electron chi connectivity index (χ2n) is 5.38. The molecule has 0 saturated heterocycles. The molecule has 0 aliphatic heterocycles. The topological polar surface area (TPSA) is 64.1 Å². The number of carbonyl (C=O) groups excluding carboxylic acids is 1. The fourth-order valence-electron chi connectivity index (χ4n) is 2.12. The Morgan fingerprint density at radius 3 is 2.58 bits per heavy atom. The summed E-state index contributed by atoms with van der Waals surface area (Å²) in [6, 6.07) is 4.34. The zero-order valence-electron chi connectivity index (χ0n) is 13.9. The standard InChI is InChI=1S/C17H17ClF3N3O2/c1-2-22-16(25)6-5-12-7-15(14(9-24-12)17(19,20)21)26-10-13-4-3-11(18)8-23-13/h3-4,7-9H,2,5-6,10H2,1H3,(H,22,25). The molecule has 0 saturated carbocycles. The van der Waals surface area contributed by atoms with Crippen molar-refractivity contribution in [2.24, 2.45) is 0 Å². The molecular formula is C17H17ClF3N3O2. The predicted molar refractivity (Wildman–Crippen MR) is 89.8 cm³/mol. The summed E-state index contributed by atoms with van der Waals surface area (Å²) in [4.78, 5) is 19.3. The summed E-state index contributed by atoms with van der Waals surface area (Å²) >= 11 is 5.72. The Morgan fingerprint density at radius 1 is 1.23 bits per heavy atom. The van der Waals surface area contributed by atoms with E-state index in [0.717, 1.165) is 6.20 Å². The molecule has 0 aromatic carbocycles. The van der Waals surface area contributed by atoms with Crippen LogP contribution in [-0.2, 0) is 24.0 Å². The molecule has 9 heteroatoms. The van der Waals surface area contributed by atoms with Gasteiger partial charge in [-0.25, -0.2) is 0 Å². The fraction of sp³-hybridized carbons (Fsp3) is 0.353. The Bertz CT molecular complexity index is 752. The number of carbonyl (C=O) groups is 1. The van der Waals surface area contributed by atoms with E-state index in [0.29, 0.717) is 23.0 Å². The monoisotopic (exact) mass is 387 g/mol. The number of aryl methyl sites for hydroxylation is 1. The molecular weight excluding hydrogens is 371 g/mol. The maximum absolute atomic E-state index is 13.2. The van der Waals surface area contributed by atoms with Gasteiger partial charge in [-0.3, -0.25) is 14.8 Å². The van der Waals surface area contributed by atoms with Gasteiger partial charge >= 0.3 is 6.18 Å². The highest BCUT2D eigenvalue weighted by Crippen LogP contribution is 2.36. The van der Waals surface area contributed by atoms with Crippen LogP contribution in [0, 0.1) is 0 Å². The minimum atomic E-state index is -4.60. The number of hydrogen-bond donors (Lipinski definition) is 1.